The van der Waals surface area contributed by atoms with Gasteiger partial charge in [0.25, 0.3) is 5.91 Å². The van der Waals surface area contributed by atoms with Crippen LogP contribution in [0.5, 0.6) is 0 Å². The Labute approximate surface area is 130 Å². The molecule has 1 saturated heterocycles. The van der Waals surface area contributed by atoms with Gasteiger partial charge in [0.1, 0.15) is 5.54 Å². The number of rotatable bonds is 1. The lowest BCUT2D eigenvalue weighted by Gasteiger charge is -2.33. The van der Waals surface area contributed by atoms with Crippen molar-refractivity contribution in [2.24, 2.45) is 0 Å². The first-order valence-corrected chi connectivity index (χ1v) is 8.16. The molecule has 2 fully saturated rings. The molecule has 1 aromatic carbocycles. The first-order valence-electron chi connectivity index (χ1n) is 8.16. The smallest absolute Gasteiger partial charge is 0.270 e. The van der Waals surface area contributed by atoms with Gasteiger partial charge in [-0.25, -0.2) is 0 Å². The summed E-state index contributed by atoms with van der Waals surface area (Å²) in [5.74, 6) is -0.0482. The molecule has 2 amide bonds. The van der Waals surface area contributed by atoms with Crippen LogP contribution >= 0.6 is 0 Å². The fourth-order valence-corrected chi connectivity index (χ4v) is 4.39. The van der Waals surface area contributed by atoms with Crippen LogP contribution in [-0.2, 0) is 15.3 Å². The van der Waals surface area contributed by atoms with Crippen molar-refractivity contribution in [3.63, 3.8) is 0 Å². The maximum atomic E-state index is 13.1. The van der Waals surface area contributed by atoms with E-state index < -0.39 is 11.2 Å². The molecule has 0 aromatic heterocycles. The third-order valence-corrected chi connectivity index (χ3v) is 5.40. The predicted octanol–water partition coefficient (Wildman–Crippen LogP) is 1.95. The second-order valence-corrected chi connectivity index (χ2v) is 6.53. The van der Waals surface area contributed by atoms with Gasteiger partial charge in [-0.3, -0.25) is 14.9 Å². The van der Waals surface area contributed by atoms with Crippen molar-refractivity contribution in [3.05, 3.63) is 29.8 Å². The minimum Gasteiger partial charge on any atom is -0.322 e. The van der Waals surface area contributed by atoms with E-state index in [1.54, 1.807) is 4.90 Å². The molecule has 2 heterocycles. The molecule has 4 rings (SSSR count). The van der Waals surface area contributed by atoms with Crippen LogP contribution in [0.15, 0.2) is 24.3 Å². The number of carbonyl (C=O) groups is 2. The van der Waals surface area contributed by atoms with Gasteiger partial charge in [-0.1, -0.05) is 37.5 Å². The number of carbonyl (C=O) groups excluding carboxylic acids is 2. The Balaban J connectivity index is 1.87. The highest BCUT2D eigenvalue weighted by Crippen LogP contribution is 2.47. The number of para-hydroxylation sites is 1. The Morgan fingerprint density at radius 3 is 2.59 bits per heavy atom. The molecule has 116 valence electrons. The predicted molar refractivity (Wildman–Crippen MR) is 83.1 cm³/mol. The Bertz CT molecular complexity index is 651. The van der Waals surface area contributed by atoms with Crippen molar-refractivity contribution in [3.8, 4) is 0 Å². The van der Waals surface area contributed by atoms with E-state index in [1.807, 2.05) is 31.2 Å². The molecule has 5 heteroatoms. The highest BCUT2D eigenvalue weighted by Gasteiger charge is 2.65. The average Bonchev–Trinajstić information content (AvgIpc) is 2.94. The molecule has 2 spiro atoms. The molecule has 1 saturated carbocycles. The SMILES string of the molecule is CCN1C(=O)C2(CCCCC2)NC12C(=O)Nc1ccccc12. The number of hydrogen-bond donors (Lipinski definition) is 2. The van der Waals surface area contributed by atoms with E-state index in [-0.39, 0.29) is 11.8 Å². The summed E-state index contributed by atoms with van der Waals surface area (Å²) in [6.07, 6.45) is 4.88. The van der Waals surface area contributed by atoms with Gasteiger partial charge in [0, 0.05) is 17.8 Å². The number of nitrogens with one attached hydrogen (secondary N) is 2. The first kappa shape index (κ1) is 13.8. The minimum atomic E-state index is -1.03. The van der Waals surface area contributed by atoms with Crippen LogP contribution in [0.4, 0.5) is 5.69 Å². The zero-order valence-corrected chi connectivity index (χ0v) is 12.8. The van der Waals surface area contributed by atoms with Crippen LogP contribution in [0, 0.1) is 0 Å². The normalized spacial score (nSPS) is 29.2. The topological polar surface area (TPSA) is 61.4 Å². The largest absolute Gasteiger partial charge is 0.322 e. The Morgan fingerprint density at radius 1 is 1.14 bits per heavy atom. The first-order chi connectivity index (χ1) is 10.6. The van der Waals surface area contributed by atoms with Crippen LogP contribution in [-0.4, -0.2) is 28.8 Å². The Hall–Kier alpha value is -1.88. The summed E-state index contributed by atoms with van der Waals surface area (Å²) in [5.41, 5.74) is 0.0831. The quantitative estimate of drug-likeness (QED) is 0.833. The second-order valence-electron chi connectivity index (χ2n) is 6.53. The van der Waals surface area contributed by atoms with Crippen molar-refractivity contribution in [1.82, 2.24) is 10.2 Å². The summed E-state index contributed by atoms with van der Waals surface area (Å²) in [6.45, 7) is 2.47. The van der Waals surface area contributed by atoms with Crippen LogP contribution in [0.2, 0.25) is 0 Å². The zero-order valence-electron chi connectivity index (χ0n) is 12.8. The van der Waals surface area contributed by atoms with Gasteiger partial charge >= 0.3 is 0 Å². The Morgan fingerprint density at radius 2 is 1.86 bits per heavy atom. The molecule has 5 nitrogen and oxygen atoms in total. The van der Waals surface area contributed by atoms with E-state index in [0.717, 1.165) is 36.9 Å². The minimum absolute atomic E-state index is 0.0848. The van der Waals surface area contributed by atoms with Crippen LogP contribution < -0.4 is 10.6 Å². The average molecular weight is 299 g/mol. The lowest BCUT2D eigenvalue weighted by molar-refractivity contribution is -0.140. The molecule has 0 radical (unpaired) electrons. The van der Waals surface area contributed by atoms with E-state index in [0.29, 0.717) is 6.54 Å². The summed E-state index contributed by atoms with van der Waals surface area (Å²) < 4.78 is 0. The molecular formula is C17H21N3O2. The van der Waals surface area contributed by atoms with Gasteiger partial charge in [0.05, 0.1) is 0 Å². The molecular weight excluding hydrogens is 278 g/mol. The fraction of sp³-hybridized carbons (Fsp3) is 0.529. The highest BCUT2D eigenvalue weighted by molar-refractivity contribution is 6.10. The van der Waals surface area contributed by atoms with Gasteiger partial charge in [-0.2, -0.15) is 0 Å². The molecule has 2 N–H and O–H groups in total. The number of benzene rings is 1. The third kappa shape index (κ3) is 1.52. The van der Waals surface area contributed by atoms with Crippen molar-refractivity contribution in [2.45, 2.75) is 50.2 Å². The van der Waals surface area contributed by atoms with Crippen molar-refractivity contribution >= 4 is 17.5 Å². The van der Waals surface area contributed by atoms with E-state index in [9.17, 15) is 9.59 Å². The number of likely N-dealkylation sites (N-methyl/N-ethyl adjacent to an activating group) is 1. The summed E-state index contributed by atoms with van der Waals surface area (Å²) in [6, 6.07) is 7.67. The molecule has 2 aliphatic heterocycles. The summed E-state index contributed by atoms with van der Waals surface area (Å²) in [4.78, 5) is 27.7. The molecule has 1 unspecified atom stereocenters. The van der Waals surface area contributed by atoms with Gasteiger partial charge in [0.2, 0.25) is 11.6 Å². The second kappa shape index (κ2) is 4.56. The molecule has 22 heavy (non-hydrogen) atoms. The zero-order chi connectivity index (χ0) is 15.4. The Kier molecular flexibility index (Phi) is 2.85. The van der Waals surface area contributed by atoms with E-state index >= 15 is 0 Å². The fourth-order valence-electron chi connectivity index (χ4n) is 4.39. The van der Waals surface area contributed by atoms with E-state index in [4.69, 9.17) is 0 Å². The number of hydrogen-bond acceptors (Lipinski definition) is 3. The molecule has 1 aliphatic carbocycles. The summed E-state index contributed by atoms with van der Waals surface area (Å²) in [5, 5.41) is 6.44. The van der Waals surface area contributed by atoms with E-state index in [1.165, 1.54) is 6.42 Å². The number of fused-ring (bicyclic) bond motifs is 2. The standard InChI is InChI=1S/C17H21N3O2/c1-2-20-15(22)16(10-6-3-7-11-16)19-17(20)12-8-4-5-9-13(12)18-14(17)21/h4-5,8-9,19H,2-3,6-7,10-11H2,1H3,(H,18,21). The van der Waals surface area contributed by atoms with Crippen molar-refractivity contribution in [1.29, 1.82) is 0 Å². The number of nitrogens with zero attached hydrogens (tertiary/aromatic N) is 1. The summed E-state index contributed by atoms with van der Waals surface area (Å²) >= 11 is 0. The van der Waals surface area contributed by atoms with Crippen LogP contribution in [0.3, 0.4) is 0 Å². The van der Waals surface area contributed by atoms with E-state index in [2.05, 4.69) is 10.6 Å². The molecule has 3 aliphatic rings. The maximum Gasteiger partial charge on any atom is 0.270 e. The van der Waals surface area contributed by atoms with Crippen molar-refractivity contribution in [2.75, 3.05) is 11.9 Å². The maximum absolute atomic E-state index is 13.1. The molecule has 0 bridgehead atoms. The number of amides is 2. The monoisotopic (exact) mass is 299 g/mol. The van der Waals surface area contributed by atoms with Gasteiger partial charge in [0.15, 0.2) is 0 Å². The molecule has 1 aromatic rings. The van der Waals surface area contributed by atoms with Gasteiger partial charge < -0.3 is 10.2 Å². The van der Waals surface area contributed by atoms with Gasteiger partial charge in [-0.15, -0.1) is 0 Å². The van der Waals surface area contributed by atoms with Crippen molar-refractivity contribution < 1.29 is 9.59 Å². The van der Waals surface area contributed by atoms with Crippen LogP contribution in [0.1, 0.15) is 44.6 Å². The lowest BCUT2D eigenvalue weighted by Crippen LogP contribution is -2.56. The molecule has 1 atom stereocenters. The lowest BCUT2D eigenvalue weighted by atomic mass is 9.81. The van der Waals surface area contributed by atoms with Gasteiger partial charge in [-0.05, 0) is 25.8 Å². The highest BCUT2D eigenvalue weighted by atomic mass is 16.2. The number of anilines is 1. The third-order valence-electron chi connectivity index (χ3n) is 5.40. The summed E-state index contributed by atoms with van der Waals surface area (Å²) in [7, 11) is 0. The van der Waals surface area contributed by atoms with Crippen LogP contribution in [0.25, 0.3) is 0 Å².